The zero-order chi connectivity index (χ0) is 23.0. The molecule has 3 aromatic carbocycles. The normalized spacial score (nSPS) is 12.0. The first-order valence-corrected chi connectivity index (χ1v) is 11.0. The standard InChI is InChI=1S/C26H22BrNO4/c1-14-11-19(16(3)28-22-10-9-18(27)13-20(22)26(30)31)25-21(12-14)23(29)15(2)24(32-25)17-7-5-4-6-8-17/h4-13,16,28H,1-3H3,(H,30,31)/t16-/m1/s1. The van der Waals surface area contributed by atoms with Crippen molar-refractivity contribution in [3.05, 3.63) is 97.6 Å². The first-order chi connectivity index (χ1) is 15.3. The zero-order valence-corrected chi connectivity index (χ0v) is 19.5. The molecule has 4 aromatic rings. The first-order valence-electron chi connectivity index (χ1n) is 10.2. The maximum absolute atomic E-state index is 13.2. The third kappa shape index (κ3) is 4.06. The van der Waals surface area contributed by atoms with Gasteiger partial charge in [0.25, 0.3) is 0 Å². The molecule has 0 aliphatic rings. The summed E-state index contributed by atoms with van der Waals surface area (Å²) in [6.45, 7) is 5.63. The smallest absolute Gasteiger partial charge is 0.337 e. The van der Waals surface area contributed by atoms with E-state index in [1.807, 2.05) is 56.3 Å². The molecule has 162 valence electrons. The maximum atomic E-state index is 13.2. The molecular formula is C26H22BrNO4. The van der Waals surface area contributed by atoms with E-state index in [0.717, 1.165) is 16.7 Å². The van der Waals surface area contributed by atoms with Gasteiger partial charge in [-0.3, -0.25) is 4.79 Å². The number of hydrogen-bond donors (Lipinski definition) is 2. The Morgan fingerprint density at radius 1 is 1.06 bits per heavy atom. The molecule has 0 aliphatic heterocycles. The summed E-state index contributed by atoms with van der Waals surface area (Å²) in [6.07, 6.45) is 0. The molecule has 0 amide bonds. The summed E-state index contributed by atoms with van der Waals surface area (Å²) in [5.74, 6) is -0.487. The van der Waals surface area contributed by atoms with E-state index < -0.39 is 5.97 Å². The summed E-state index contributed by atoms with van der Waals surface area (Å²) in [5, 5.41) is 13.4. The molecule has 0 unspecified atom stereocenters. The van der Waals surface area contributed by atoms with Crippen LogP contribution in [0.25, 0.3) is 22.3 Å². The van der Waals surface area contributed by atoms with Crippen LogP contribution in [0.5, 0.6) is 0 Å². The maximum Gasteiger partial charge on any atom is 0.337 e. The molecular weight excluding hydrogens is 470 g/mol. The lowest BCUT2D eigenvalue weighted by Gasteiger charge is -2.20. The third-order valence-corrected chi connectivity index (χ3v) is 5.97. The Hall–Kier alpha value is -3.38. The van der Waals surface area contributed by atoms with Crippen molar-refractivity contribution in [2.75, 3.05) is 5.32 Å². The topological polar surface area (TPSA) is 79.5 Å². The van der Waals surface area contributed by atoms with Gasteiger partial charge in [-0.25, -0.2) is 4.79 Å². The molecule has 0 bridgehead atoms. The molecule has 0 saturated heterocycles. The second-order valence-corrected chi connectivity index (χ2v) is 8.76. The van der Waals surface area contributed by atoms with Gasteiger partial charge in [-0.15, -0.1) is 0 Å². The van der Waals surface area contributed by atoms with E-state index in [-0.39, 0.29) is 17.0 Å². The fourth-order valence-electron chi connectivity index (χ4n) is 3.88. The number of anilines is 1. The molecule has 32 heavy (non-hydrogen) atoms. The van der Waals surface area contributed by atoms with Gasteiger partial charge in [-0.05, 0) is 50.6 Å². The van der Waals surface area contributed by atoms with Crippen LogP contribution in [0, 0.1) is 13.8 Å². The average molecular weight is 492 g/mol. The summed E-state index contributed by atoms with van der Waals surface area (Å²) in [6, 6.07) is 18.1. The molecule has 4 rings (SSSR count). The van der Waals surface area contributed by atoms with Crippen LogP contribution in [0.2, 0.25) is 0 Å². The van der Waals surface area contributed by atoms with Crippen LogP contribution >= 0.6 is 15.9 Å². The van der Waals surface area contributed by atoms with Crippen LogP contribution in [-0.4, -0.2) is 11.1 Å². The van der Waals surface area contributed by atoms with Gasteiger partial charge in [0.1, 0.15) is 11.3 Å². The van der Waals surface area contributed by atoms with Crippen LogP contribution in [0.4, 0.5) is 5.69 Å². The number of rotatable bonds is 5. The molecule has 0 spiro atoms. The quantitative estimate of drug-likeness (QED) is 0.324. The Kier molecular flexibility index (Phi) is 5.89. The van der Waals surface area contributed by atoms with Crippen molar-refractivity contribution in [2.24, 2.45) is 0 Å². The largest absolute Gasteiger partial charge is 0.478 e. The van der Waals surface area contributed by atoms with Crippen LogP contribution in [0.3, 0.4) is 0 Å². The van der Waals surface area contributed by atoms with E-state index in [4.69, 9.17) is 4.42 Å². The van der Waals surface area contributed by atoms with Gasteiger partial charge >= 0.3 is 5.97 Å². The van der Waals surface area contributed by atoms with E-state index in [1.54, 1.807) is 25.1 Å². The number of aromatic carboxylic acids is 1. The molecule has 1 heterocycles. The van der Waals surface area contributed by atoms with E-state index in [2.05, 4.69) is 21.2 Å². The second-order valence-electron chi connectivity index (χ2n) is 7.84. The Balaban J connectivity index is 1.88. The van der Waals surface area contributed by atoms with Crippen molar-refractivity contribution in [1.29, 1.82) is 0 Å². The lowest BCUT2D eigenvalue weighted by Crippen LogP contribution is -2.14. The van der Waals surface area contributed by atoms with Crippen molar-refractivity contribution in [3.8, 4) is 11.3 Å². The molecule has 6 heteroatoms. The van der Waals surface area contributed by atoms with Gasteiger partial charge in [0, 0.05) is 26.9 Å². The molecule has 1 aromatic heterocycles. The summed E-state index contributed by atoms with van der Waals surface area (Å²) in [7, 11) is 0. The summed E-state index contributed by atoms with van der Waals surface area (Å²) >= 11 is 3.32. The highest BCUT2D eigenvalue weighted by atomic mass is 79.9. The predicted octanol–water partition coefficient (Wildman–Crippen LogP) is 6.71. The number of carbonyl (C=O) groups is 1. The van der Waals surface area contributed by atoms with Gasteiger partial charge in [-0.2, -0.15) is 0 Å². The second kappa shape index (κ2) is 8.63. The van der Waals surface area contributed by atoms with Gasteiger partial charge in [-0.1, -0.05) is 52.3 Å². The summed E-state index contributed by atoms with van der Waals surface area (Å²) < 4.78 is 7.02. The van der Waals surface area contributed by atoms with E-state index in [1.165, 1.54) is 0 Å². The number of benzene rings is 3. The van der Waals surface area contributed by atoms with Gasteiger partial charge < -0.3 is 14.8 Å². The number of aryl methyl sites for hydroxylation is 1. The Morgan fingerprint density at radius 2 is 1.78 bits per heavy atom. The number of carboxylic acid groups (broad SMARTS) is 1. The molecule has 0 fully saturated rings. The summed E-state index contributed by atoms with van der Waals surface area (Å²) in [5.41, 5.74) is 4.17. The van der Waals surface area contributed by atoms with Crippen molar-refractivity contribution in [1.82, 2.24) is 0 Å². The Morgan fingerprint density at radius 3 is 2.47 bits per heavy atom. The first kappa shape index (κ1) is 21.8. The van der Waals surface area contributed by atoms with Crippen molar-refractivity contribution >= 4 is 38.6 Å². The molecule has 5 nitrogen and oxygen atoms in total. The van der Waals surface area contributed by atoms with E-state index >= 15 is 0 Å². The lowest BCUT2D eigenvalue weighted by molar-refractivity contribution is 0.0698. The molecule has 0 aliphatic carbocycles. The molecule has 1 atom stereocenters. The molecule has 2 N–H and O–H groups in total. The summed E-state index contributed by atoms with van der Waals surface area (Å²) in [4.78, 5) is 24.9. The average Bonchev–Trinajstić information content (AvgIpc) is 2.77. The van der Waals surface area contributed by atoms with Crippen LogP contribution in [-0.2, 0) is 0 Å². The Labute approximate surface area is 193 Å². The van der Waals surface area contributed by atoms with Crippen molar-refractivity contribution in [3.63, 3.8) is 0 Å². The van der Waals surface area contributed by atoms with Crippen molar-refractivity contribution < 1.29 is 14.3 Å². The van der Waals surface area contributed by atoms with E-state index in [9.17, 15) is 14.7 Å². The number of halogens is 1. The monoisotopic (exact) mass is 491 g/mol. The Bertz CT molecular complexity index is 1390. The molecule has 0 saturated carbocycles. The minimum absolute atomic E-state index is 0.0721. The fourth-order valence-corrected chi connectivity index (χ4v) is 4.25. The molecule has 0 radical (unpaired) electrons. The van der Waals surface area contributed by atoms with Gasteiger partial charge in [0.05, 0.1) is 17.0 Å². The number of nitrogens with one attached hydrogen (secondary N) is 1. The zero-order valence-electron chi connectivity index (χ0n) is 17.9. The van der Waals surface area contributed by atoms with Crippen molar-refractivity contribution in [2.45, 2.75) is 26.8 Å². The van der Waals surface area contributed by atoms with Crippen LogP contribution < -0.4 is 10.7 Å². The third-order valence-electron chi connectivity index (χ3n) is 5.48. The highest BCUT2D eigenvalue weighted by molar-refractivity contribution is 9.10. The highest BCUT2D eigenvalue weighted by Gasteiger charge is 2.20. The van der Waals surface area contributed by atoms with E-state index in [0.29, 0.717) is 32.5 Å². The number of hydrogen-bond acceptors (Lipinski definition) is 4. The lowest BCUT2D eigenvalue weighted by atomic mass is 9.98. The number of carboxylic acids is 1. The fraction of sp³-hybridized carbons (Fsp3) is 0.154. The predicted molar refractivity (Wildman–Crippen MR) is 131 cm³/mol. The van der Waals surface area contributed by atoms with Crippen LogP contribution in [0.1, 0.15) is 40.0 Å². The van der Waals surface area contributed by atoms with Crippen LogP contribution in [0.15, 0.2) is 74.3 Å². The highest BCUT2D eigenvalue weighted by Crippen LogP contribution is 2.33. The van der Waals surface area contributed by atoms with Gasteiger partial charge in [0.2, 0.25) is 0 Å². The number of fused-ring (bicyclic) bond motifs is 1. The minimum atomic E-state index is -1.02. The minimum Gasteiger partial charge on any atom is -0.478 e. The van der Waals surface area contributed by atoms with Gasteiger partial charge in [0.15, 0.2) is 5.43 Å². The SMILES string of the molecule is Cc1cc([C@@H](C)Nc2ccc(Br)cc2C(=O)O)c2oc(-c3ccccc3)c(C)c(=O)c2c1.